The van der Waals surface area contributed by atoms with Crippen molar-refractivity contribution < 1.29 is 0 Å². The van der Waals surface area contributed by atoms with Gasteiger partial charge in [0, 0.05) is 29.7 Å². The standard InChI is InChI=1S/C15H22N2/c1-4-17-10-13(7-6-12(3)16)14-8-5-11(2)9-15(14)17/h5,8-10,12H,4,6-7,16H2,1-3H3/t12-/m0/s1. The van der Waals surface area contributed by atoms with Gasteiger partial charge in [-0.25, -0.2) is 0 Å². The van der Waals surface area contributed by atoms with Crippen LogP contribution in [0.5, 0.6) is 0 Å². The van der Waals surface area contributed by atoms with Crippen molar-refractivity contribution in [3.05, 3.63) is 35.5 Å². The fourth-order valence-electron chi connectivity index (χ4n) is 2.32. The van der Waals surface area contributed by atoms with E-state index < -0.39 is 0 Å². The van der Waals surface area contributed by atoms with E-state index in [2.05, 4.69) is 49.7 Å². The molecule has 0 aliphatic rings. The monoisotopic (exact) mass is 230 g/mol. The Morgan fingerprint density at radius 1 is 1.35 bits per heavy atom. The molecule has 1 atom stereocenters. The molecule has 2 aromatic rings. The maximum absolute atomic E-state index is 5.84. The van der Waals surface area contributed by atoms with E-state index in [4.69, 9.17) is 5.73 Å². The normalized spacial score (nSPS) is 13.2. The first-order chi connectivity index (χ1) is 8.11. The minimum absolute atomic E-state index is 0.278. The van der Waals surface area contributed by atoms with E-state index in [1.807, 2.05) is 0 Å². The molecule has 0 radical (unpaired) electrons. The molecule has 0 spiro atoms. The van der Waals surface area contributed by atoms with Gasteiger partial charge in [-0.15, -0.1) is 0 Å². The molecule has 0 fully saturated rings. The van der Waals surface area contributed by atoms with Gasteiger partial charge in [0.25, 0.3) is 0 Å². The first-order valence-corrected chi connectivity index (χ1v) is 6.45. The highest BCUT2D eigenvalue weighted by atomic mass is 14.9. The second-order valence-corrected chi connectivity index (χ2v) is 4.98. The lowest BCUT2D eigenvalue weighted by atomic mass is 10.0. The second kappa shape index (κ2) is 4.92. The van der Waals surface area contributed by atoms with Gasteiger partial charge >= 0.3 is 0 Å². The topological polar surface area (TPSA) is 30.9 Å². The van der Waals surface area contributed by atoms with Crippen molar-refractivity contribution in [2.75, 3.05) is 0 Å². The molecule has 0 saturated carbocycles. The van der Waals surface area contributed by atoms with Crippen LogP contribution in [0.4, 0.5) is 0 Å². The van der Waals surface area contributed by atoms with Crippen LogP contribution in [0.2, 0.25) is 0 Å². The number of aromatic nitrogens is 1. The van der Waals surface area contributed by atoms with Crippen LogP contribution in [0, 0.1) is 6.92 Å². The molecular weight excluding hydrogens is 208 g/mol. The molecule has 1 heterocycles. The van der Waals surface area contributed by atoms with Crippen LogP contribution in [0.25, 0.3) is 10.9 Å². The van der Waals surface area contributed by atoms with Gasteiger partial charge in [0.2, 0.25) is 0 Å². The molecule has 17 heavy (non-hydrogen) atoms. The molecule has 1 aromatic carbocycles. The minimum atomic E-state index is 0.278. The Morgan fingerprint density at radius 3 is 2.76 bits per heavy atom. The molecule has 0 bridgehead atoms. The third-order valence-electron chi connectivity index (χ3n) is 3.33. The summed E-state index contributed by atoms with van der Waals surface area (Å²) in [4.78, 5) is 0. The van der Waals surface area contributed by atoms with Gasteiger partial charge < -0.3 is 10.3 Å². The lowest BCUT2D eigenvalue weighted by molar-refractivity contribution is 0.665. The summed E-state index contributed by atoms with van der Waals surface area (Å²) in [5.41, 5.74) is 9.95. The van der Waals surface area contributed by atoms with E-state index in [1.54, 1.807) is 0 Å². The van der Waals surface area contributed by atoms with E-state index in [1.165, 1.54) is 22.0 Å². The number of rotatable bonds is 4. The average molecular weight is 230 g/mol. The van der Waals surface area contributed by atoms with E-state index in [0.29, 0.717) is 0 Å². The molecule has 0 aliphatic carbocycles. The smallest absolute Gasteiger partial charge is 0.0485 e. The largest absolute Gasteiger partial charge is 0.347 e. The summed E-state index contributed by atoms with van der Waals surface area (Å²) in [5, 5.41) is 1.39. The van der Waals surface area contributed by atoms with Crippen molar-refractivity contribution in [2.45, 2.75) is 46.2 Å². The Kier molecular flexibility index (Phi) is 3.53. The Balaban J connectivity index is 2.42. The van der Waals surface area contributed by atoms with E-state index >= 15 is 0 Å². The first-order valence-electron chi connectivity index (χ1n) is 6.45. The molecule has 2 N–H and O–H groups in total. The lowest BCUT2D eigenvalue weighted by Gasteiger charge is -2.03. The van der Waals surface area contributed by atoms with Crippen molar-refractivity contribution in [3.8, 4) is 0 Å². The summed E-state index contributed by atoms with van der Waals surface area (Å²) in [6, 6.07) is 6.99. The Morgan fingerprint density at radius 2 is 2.12 bits per heavy atom. The Labute approximate surface area is 103 Å². The number of nitrogens with zero attached hydrogens (tertiary/aromatic N) is 1. The highest BCUT2D eigenvalue weighted by Gasteiger charge is 2.08. The van der Waals surface area contributed by atoms with Gasteiger partial charge in [-0.2, -0.15) is 0 Å². The number of hydrogen-bond donors (Lipinski definition) is 1. The zero-order chi connectivity index (χ0) is 12.4. The molecule has 2 nitrogen and oxygen atoms in total. The van der Waals surface area contributed by atoms with Crippen LogP contribution in [-0.2, 0) is 13.0 Å². The van der Waals surface area contributed by atoms with Crippen LogP contribution in [0.3, 0.4) is 0 Å². The van der Waals surface area contributed by atoms with E-state index in [0.717, 1.165) is 19.4 Å². The van der Waals surface area contributed by atoms with Gasteiger partial charge in [0.1, 0.15) is 0 Å². The van der Waals surface area contributed by atoms with Crippen LogP contribution in [0.15, 0.2) is 24.4 Å². The van der Waals surface area contributed by atoms with Crippen LogP contribution < -0.4 is 5.73 Å². The molecule has 0 amide bonds. The fourth-order valence-corrected chi connectivity index (χ4v) is 2.32. The maximum atomic E-state index is 5.84. The third-order valence-corrected chi connectivity index (χ3v) is 3.33. The molecule has 92 valence electrons. The summed E-state index contributed by atoms with van der Waals surface area (Å²) in [6.07, 6.45) is 4.41. The fraction of sp³-hybridized carbons (Fsp3) is 0.467. The minimum Gasteiger partial charge on any atom is -0.347 e. The number of hydrogen-bond acceptors (Lipinski definition) is 1. The SMILES string of the molecule is CCn1cc(CC[C@H](C)N)c2ccc(C)cc21. The predicted octanol–water partition coefficient (Wildman–Crippen LogP) is 3.25. The molecule has 1 aromatic heterocycles. The van der Waals surface area contributed by atoms with Crippen molar-refractivity contribution in [1.29, 1.82) is 0 Å². The summed E-state index contributed by atoms with van der Waals surface area (Å²) in [5.74, 6) is 0. The quantitative estimate of drug-likeness (QED) is 0.858. The van der Waals surface area contributed by atoms with Gasteiger partial charge in [-0.3, -0.25) is 0 Å². The lowest BCUT2D eigenvalue weighted by Crippen LogP contribution is -2.15. The Bertz CT molecular complexity index is 509. The summed E-state index contributed by atoms with van der Waals surface area (Å²) in [6.45, 7) is 7.44. The number of nitrogens with two attached hydrogens (primary N) is 1. The van der Waals surface area contributed by atoms with Crippen molar-refractivity contribution >= 4 is 10.9 Å². The van der Waals surface area contributed by atoms with Crippen LogP contribution in [-0.4, -0.2) is 10.6 Å². The number of benzene rings is 1. The highest BCUT2D eigenvalue weighted by Crippen LogP contribution is 2.24. The zero-order valence-electron chi connectivity index (χ0n) is 11.0. The molecule has 0 aliphatic heterocycles. The average Bonchev–Trinajstić information content (AvgIpc) is 2.63. The van der Waals surface area contributed by atoms with Crippen molar-refractivity contribution in [1.82, 2.24) is 4.57 Å². The molecule has 0 saturated heterocycles. The molecular formula is C15H22N2. The maximum Gasteiger partial charge on any atom is 0.0485 e. The molecule has 2 heteroatoms. The summed E-state index contributed by atoms with van der Waals surface area (Å²) < 4.78 is 2.33. The van der Waals surface area contributed by atoms with Crippen LogP contribution >= 0.6 is 0 Å². The predicted molar refractivity (Wildman–Crippen MR) is 74.3 cm³/mol. The van der Waals surface area contributed by atoms with E-state index in [9.17, 15) is 0 Å². The third kappa shape index (κ3) is 2.52. The van der Waals surface area contributed by atoms with Gasteiger partial charge in [0.15, 0.2) is 0 Å². The van der Waals surface area contributed by atoms with Crippen molar-refractivity contribution in [2.24, 2.45) is 5.73 Å². The van der Waals surface area contributed by atoms with Gasteiger partial charge in [-0.05, 0) is 50.8 Å². The second-order valence-electron chi connectivity index (χ2n) is 4.98. The number of fused-ring (bicyclic) bond motifs is 1. The molecule has 2 rings (SSSR count). The number of aryl methyl sites for hydroxylation is 3. The zero-order valence-corrected chi connectivity index (χ0v) is 11.0. The van der Waals surface area contributed by atoms with E-state index in [-0.39, 0.29) is 6.04 Å². The van der Waals surface area contributed by atoms with Crippen molar-refractivity contribution in [3.63, 3.8) is 0 Å². The Hall–Kier alpha value is -1.28. The first kappa shape index (κ1) is 12.2. The van der Waals surface area contributed by atoms with Gasteiger partial charge in [-0.1, -0.05) is 12.1 Å². The summed E-state index contributed by atoms with van der Waals surface area (Å²) in [7, 11) is 0. The highest BCUT2D eigenvalue weighted by molar-refractivity contribution is 5.84. The van der Waals surface area contributed by atoms with Crippen LogP contribution in [0.1, 0.15) is 31.4 Å². The van der Waals surface area contributed by atoms with Gasteiger partial charge in [0.05, 0.1) is 0 Å². The summed E-state index contributed by atoms with van der Waals surface area (Å²) >= 11 is 0. The molecule has 0 unspecified atom stereocenters.